The van der Waals surface area contributed by atoms with Gasteiger partial charge in [-0.3, -0.25) is 4.40 Å². The fourth-order valence-corrected chi connectivity index (χ4v) is 2.57. The van der Waals surface area contributed by atoms with Gasteiger partial charge in [0.2, 0.25) is 5.78 Å². The molecule has 0 unspecified atom stereocenters. The number of rotatable bonds is 2. The molecule has 2 aromatic heterocycles. The Morgan fingerprint density at radius 3 is 2.86 bits per heavy atom. The molecular formula is C15H11IN4OS. The zero-order chi connectivity index (χ0) is 15.5. The third kappa shape index (κ3) is 2.84. The lowest BCUT2D eigenvalue weighted by molar-refractivity contribution is 0.416. The molecule has 1 aromatic carbocycles. The van der Waals surface area contributed by atoms with Crippen LogP contribution in [0, 0.1) is 11.2 Å². The van der Waals surface area contributed by atoms with Crippen LogP contribution in [0.5, 0.6) is 5.75 Å². The Morgan fingerprint density at radius 1 is 1.27 bits per heavy atom. The van der Waals surface area contributed by atoms with E-state index in [4.69, 9.17) is 10.5 Å². The van der Waals surface area contributed by atoms with Crippen LogP contribution in [0.15, 0.2) is 36.7 Å². The van der Waals surface area contributed by atoms with Crippen LogP contribution < -0.4 is 10.5 Å². The van der Waals surface area contributed by atoms with Gasteiger partial charge in [-0.05, 0) is 32.2 Å². The summed E-state index contributed by atoms with van der Waals surface area (Å²) in [6.07, 6.45) is 3.73. The predicted molar refractivity (Wildman–Crippen MR) is 97.9 cm³/mol. The van der Waals surface area contributed by atoms with Crippen LogP contribution in [-0.2, 0) is 0 Å². The zero-order valence-corrected chi connectivity index (χ0v) is 14.6. The van der Waals surface area contributed by atoms with Crippen molar-refractivity contribution in [1.82, 2.24) is 14.4 Å². The van der Waals surface area contributed by atoms with E-state index < -0.39 is 0 Å². The topological polar surface area (TPSA) is 65.4 Å². The first-order chi connectivity index (χ1) is 10.7. The minimum atomic E-state index is 0.377. The molecule has 0 atom stereocenters. The van der Waals surface area contributed by atoms with E-state index in [9.17, 15) is 0 Å². The molecule has 0 aliphatic rings. The maximum Gasteiger partial charge on any atom is 0.236 e. The van der Waals surface area contributed by atoms with Gasteiger partial charge in [-0.15, -0.1) is 0 Å². The average Bonchev–Trinajstić information content (AvgIpc) is 2.95. The fourth-order valence-electron chi connectivity index (χ4n) is 2.09. The zero-order valence-electron chi connectivity index (χ0n) is 11.6. The van der Waals surface area contributed by atoms with Crippen LogP contribution in [0.2, 0.25) is 0 Å². The summed E-state index contributed by atoms with van der Waals surface area (Å²) >= 11 is 2.11. The molecule has 0 aliphatic heterocycles. The molecule has 0 amide bonds. The minimum absolute atomic E-state index is 0.377. The molecule has 22 heavy (non-hydrogen) atoms. The van der Waals surface area contributed by atoms with Gasteiger partial charge in [0.25, 0.3) is 0 Å². The van der Waals surface area contributed by atoms with E-state index in [1.807, 2.05) is 41.1 Å². The molecule has 3 aromatic rings. The second-order valence-electron chi connectivity index (χ2n) is 4.38. The maximum absolute atomic E-state index is 5.93. The third-order valence-corrected chi connectivity index (χ3v) is 3.92. The summed E-state index contributed by atoms with van der Waals surface area (Å²) in [7, 11) is 3.04. The molecule has 2 N–H and O–H groups in total. The van der Waals surface area contributed by atoms with E-state index in [0.29, 0.717) is 17.2 Å². The van der Waals surface area contributed by atoms with Crippen molar-refractivity contribution in [3.05, 3.63) is 42.2 Å². The highest BCUT2D eigenvalue weighted by Gasteiger charge is 2.11. The summed E-state index contributed by atoms with van der Waals surface area (Å²) in [5.41, 5.74) is 8.29. The Labute approximate surface area is 143 Å². The highest BCUT2D eigenvalue weighted by molar-refractivity contribution is 14.2. The molecule has 0 radical (unpaired) electrons. The Hall–Kier alpha value is -1.92. The second-order valence-corrected chi connectivity index (χ2v) is 6.06. The molecule has 5 nitrogen and oxygen atoms in total. The van der Waals surface area contributed by atoms with Crippen molar-refractivity contribution >= 4 is 41.7 Å². The Kier molecular flexibility index (Phi) is 4.40. The maximum atomic E-state index is 5.93. The molecule has 0 bridgehead atoms. The van der Waals surface area contributed by atoms with Gasteiger partial charge in [0.1, 0.15) is 11.6 Å². The molecule has 110 valence electrons. The van der Waals surface area contributed by atoms with E-state index in [1.54, 1.807) is 7.11 Å². The Bertz CT molecular complexity index is 897. The van der Waals surface area contributed by atoms with Crippen LogP contribution in [0.1, 0.15) is 5.56 Å². The number of methoxy groups -OCH3 is 1. The number of nitrogen functional groups attached to an aromatic ring is 1. The summed E-state index contributed by atoms with van der Waals surface area (Å²) in [5.74, 6) is 4.65. The number of para-hydroxylation sites is 1. The van der Waals surface area contributed by atoms with Crippen LogP contribution in [-0.4, -0.2) is 21.5 Å². The fraction of sp³-hybridized carbons (Fsp3) is 0.0667. The lowest BCUT2D eigenvalue weighted by atomic mass is 10.1. The van der Waals surface area contributed by atoms with Crippen molar-refractivity contribution in [1.29, 1.82) is 0 Å². The van der Waals surface area contributed by atoms with E-state index in [0.717, 1.165) is 17.0 Å². The van der Waals surface area contributed by atoms with Gasteiger partial charge in [0, 0.05) is 39.2 Å². The van der Waals surface area contributed by atoms with Crippen LogP contribution in [0.25, 0.3) is 17.0 Å². The molecule has 3 rings (SSSR count). The number of halogens is 1. The first kappa shape index (κ1) is 15.0. The van der Waals surface area contributed by atoms with Crippen molar-refractivity contribution in [2.45, 2.75) is 0 Å². The third-order valence-electron chi connectivity index (χ3n) is 3.08. The quantitative estimate of drug-likeness (QED) is 0.507. The number of anilines is 1. The number of nitrogens with two attached hydrogens (primary N) is 1. The van der Waals surface area contributed by atoms with Crippen molar-refractivity contribution in [3.8, 4) is 28.2 Å². The highest BCUT2D eigenvalue weighted by atomic mass is 127. The van der Waals surface area contributed by atoms with E-state index >= 15 is 0 Å². The summed E-state index contributed by atoms with van der Waals surface area (Å²) < 4.78 is 7.20. The smallest absolute Gasteiger partial charge is 0.236 e. The molecule has 0 saturated carbocycles. The number of nitrogens with zero attached hydrogens (tertiary/aromatic N) is 3. The largest absolute Gasteiger partial charge is 0.496 e. The summed E-state index contributed by atoms with van der Waals surface area (Å²) in [6, 6.07) is 7.72. The van der Waals surface area contributed by atoms with Crippen molar-refractivity contribution < 1.29 is 4.74 Å². The van der Waals surface area contributed by atoms with E-state index in [1.165, 1.54) is 8.93 Å². The SMILES string of the molecule is COc1ccccc1-c1cn2cc(C#CSI)c(N)nc2n1. The molecule has 0 aliphatic carbocycles. The molecular weight excluding hydrogens is 411 g/mol. The summed E-state index contributed by atoms with van der Waals surface area (Å²) in [5, 5.41) is 2.91. The van der Waals surface area contributed by atoms with E-state index in [2.05, 4.69) is 42.3 Å². The second kappa shape index (κ2) is 6.46. The predicted octanol–water partition coefficient (Wildman–Crippen LogP) is 3.38. The van der Waals surface area contributed by atoms with Gasteiger partial charge in [0.05, 0.1) is 18.4 Å². The standard InChI is InChI=1S/C15H11IN4OS/c1-21-13-5-3-2-4-11(13)12-9-20-8-10(6-7-22-16)14(17)19-15(20)18-12/h2-5,8-9H,1H3,(H2,17,18,19). The molecule has 2 heterocycles. The summed E-state index contributed by atoms with van der Waals surface area (Å²) in [4.78, 5) is 8.82. The van der Waals surface area contributed by atoms with Crippen LogP contribution >= 0.6 is 30.1 Å². The number of ether oxygens (including phenoxy) is 1. The van der Waals surface area contributed by atoms with Crippen LogP contribution in [0.4, 0.5) is 5.82 Å². The minimum Gasteiger partial charge on any atom is -0.496 e. The van der Waals surface area contributed by atoms with Gasteiger partial charge in [-0.2, -0.15) is 4.98 Å². The van der Waals surface area contributed by atoms with Crippen LogP contribution in [0.3, 0.4) is 0 Å². The number of aromatic nitrogens is 3. The number of hydrogen-bond donors (Lipinski definition) is 1. The Balaban J connectivity index is 2.14. The van der Waals surface area contributed by atoms with Crippen molar-refractivity contribution in [2.75, 3.05) is 12.8 Å². The summed E-state index contributed by atoms with van der Waals surface area (Å²) in [6.45, 7) is 0. The van der Waals surface area contributed by atoms with Gasteiger partial charge < -0.3 is 10.5 Å². The first-order valence-electron chi connectivity index (χ1n) is 6.30. The van der Waals surface area contributed by atoms with Gasteiger partial charge in [-0.1, -0.05) is 12.1 Å². The molecule has 7 heteroatoms. The van der Waals surface area contributed by atoms with Gasteiger partial charge in [0.15, 0.2) is 0 Å². The molecule has 0 fully saturated rings. The van der Waals surface area contributed by atoms with Crippen molar-refractivity contribution in [2.24, 2.45) is 0 Å². The normalized spacial score (nSPS) is 10.3. The Morgan fingerprint density at radius 2 is 2.09 bits per heavy atom. The molecule has 0 spiro atoms. The molecule has 0 saturated heterocycles. The number of hydrogen-bond acceptors (Lipinski definition) is 5. The average molecular weight is 422 g/mol. The number of benzene rings is 1. The highest BCUT2D eigenvalue weighted by Crippen LogP contribution is 2.29. The lowest BCUT2D eigenvalue weighted by Gasteiger charge is -2.04. The first-order valence-corrected chi connectivity index (χ1v) is 9.66. The lowest BCUT2D eigenvalue weighted by Crippen LogP contribution is -1.98. The number of fused-ring (bicyclic) bond motifs is 1. The van der Waals surface area contributed by atoms with Gasteiger partial charge >= 0.3 is 0 Å². The van der Waals surface area contributed by atoms with Gasteiger partial charge in [-0.25, -0.2) is 4.98 Å². The number of imidazole rings is 1. The van der Waals surface area contributed by atoms with Crippen molar-refractivity contribution in [3.63, 3.8) is 0 Å². The van der Waals surface area contributed by atoms with E-state index in [-0.39, 0.29) is 0 Å². The monoisotopic (exact) mass is 422 g/mol.